The van der Waals surface area contributed by atoms with Crippen molar-refractivity contribution in [3.8, 4) is 0 Å². The lowest BCUT2D eigenvalue weighted by molar-refractivity contribution is -0.120. The van der Waals surface area contributed by atoms with Crippen LogP contribution in [0.25, 0.3) is 10.2 Å². The lowest BCUT2D eigenvalue weighted by Gasteiger charge is -2.08. The number of benzene rings is 2. The van der Waals surface area contributed by atoms with Crippen LogP contribution in [0, 0.1) is 0 Å². The molecule has 3 N–H and O–H groups in total. The van der Waals surface area contributed by atoms with Gasteiger partial charge in [0.25, 0.3) is 5.91 Å². The highest BCUT2D eigenvalue weighted by atomic mass is 32.1. The molecule has 0 radical (unpaired) electrons. The van der Waals surface area contributed by atoms with Crippen molar-refractivity contribution in [1.29, 1.82) is 0 Å². The molecule has 2 amide bonds. The smallest absolute Gasteiger partial charge is 0.335 e. The van der Waals surface area contributed by atoms with Gasteiger partial charge in [0, 0.05) is 13.1 Å². The predicted octanol–water partition coefficient (Wildman–Crippen LogP) is 2.08. The van der Waals surface area contributed by atoms with Crippen LogP contribution in [0.2, 0.25) is 0 Å². The summed E-state index contributed by atoms with van der Waals surface area (Å²) < 4.78 is 0.938. The Morgan fingerprint density at radius 1 is 0.963 bits per heavy atom. The highest BCUT2D eigenvalue weighted by Crippen LogP contribution is 2.21. The maximum Gasteiger partial charge on any atom is 0.335 e. The summed E-state index contributed by atoms with van der Waals surface area (Å²) in [6, 6.07) is 13.9. The van der Waals surface area contributed by atoms with Crippen LogP contribution in [-0.4, -0.2) is 41.0 Å². The number of rotatable bonds is 7. The molecule has 7 nitrogen and oxygen atoms in total. The van der Waals surface area contributed by atoms with Crippen LogP contribution in [0.5, 0.6) is 0 Å². The van der Waals surface area contributed by atoms with Crippen LogP contribution in [0.1, 0.15) is 25.7 Å². The largest absolute Gasteiger partial charge is 0.478 e. The van der Waals surface area contributed by atoms with Crippen molar-refractivity contribution in [2.45, 2.75) is 6.42 Å². The van der Waals surface area contributed by atoms with Gasteiger partial charge in [0.05, 0.1) is 22.2 Å². The maximum atomic E-state index is 12.1. The monoisotopic (exact) mass is 383 g/mol. The topological polar surface area (TPSA) is 108 Å². The Morgan fingerprint density at radius 2 is 1.67 bits per heavy atom. The Labute approximate surface area is 159 Å². The van der Waals surface area contributed by atoms with E-state index in [2.05, 4.69) is 15.6 Å². The van der Waals surface area contributed by atoms with E-state index < -0.39 is 5.97 Å². The van der Waals surface area contributed by atoms with Gasteiger partial charge in [-0.3, -0.25) is 9.59 Å². The molecule has 138 valence electrons. The van der Waals surface area contributed by atoms with Gasteiger partial charge in [0.1, 0.15) is 0 Å². The number of carboxylic acids is 1. The number of carbonyl (C=O) groups is 3. The van der Waals surface area contributed by atoms with E-state index in [9.17, 15) is 14.4 Å². The second-order valence-corrected chi connectivity index (χ2v) is 6.76. The molecule has 0 aliphatic carbocycles. The molecular formula is C19H17N3O4S. The first kappa shape index (κ1) is 18.5. The maximum absolute atomic E-state index is 12.1. The molecule has 3 aromatic rings. The van der Waals surface area contributed by atoms with Gasteiger partial charge in [0.15, 0.2) is 5.01 Å². The predicted molar refractivity (Wildman–Crippen MR) is 102 cm³/mol. The van der Waals surface area contributed by atoms with Gasteiger partial charge in [0.2, 0.25) is 5.91 Å². The second-order valence-electron chi connectivity index (χ2n) is 5.73. The highest BCUT2D eigenvalue weighted by Gasteiger charge is 2.13. The molecule has 0 fully saturated rings. The summed E-state index contributed by atoms with van der Waals surface area (Å²) in [5.74, 6) is -1.67. The Morgan fingerprint density at radius 3 is 2.44 bits per heavy atom. The molecule has 0 aliphatic rings. The normalized spacial score (nSPS) is 10.5. The summed E-state index contributed by atoms with van der Waals surface area (Å²) in [6.07, 6.45) is -0.0334. The second kappa shape index (κ2) is 8.41. The number of carbonyl (C=O) groups excluding carboxylic acids is 2. The fraction of sp³-hybridized carbons (Fsp3) is 0.158. The number of carboxylic acid groups (broad SMARTS) is 1. The van der Waals surface area contributed by atoms with Crippen LogP contribution in [-0.2, 0) is 11.2 Å². The van der Waals surface area contributed by atoms with Crippen molar-refractivity contribution in [3.05, 3.63) is 64.7 Å². The molecule has 3 rings (SSSR count). The zero-order valence-electron chi connectivity index (χ0n) is 14.3. The summed E-state index contributed by atoms with van der Waals surface area (Å²) in [7, 11) is 0. The van der Waals surface area contributed by atoms with E-state index in [1.807, 2.05) is 24.3 Å². The average Bonchev–Trinajstić information content (AvgIpc) is 3.09. The zero-order valence-corrected chi connectivity index (χ0v) is 15.1. The molecule has 0 atom stereocenters. The van der Waals surface area contributed by atoms with Crippen LogP contribution < -0.4 is 10.6 Å². The molecule has 8 heteroatoms. The number of hydrogen-bond donors (Lipinski definition) is 3. The van der Waals surface area contributed by atoms with E-state index in [0.29, 0.717) is 10.6 Å². The Bertz CT molecular complexity index is 966. The standard InChI is InChI=1S/C19H17N3O4S/c23-16(11-12-5-1-2-6-13(12)19(25)26)20-9-10-21-17(24)18-22-14-7-3-4-8-15(14)27-18/h1-8H,9-11H2,(H,20,23)(H,21,24)(H,25,26). The Hall–Kier alpha value is -3.26. The van der Waals surface area contributed by atoms with Crippen LogP contribution in [0.15, 0.2) is 48.5 Å². The molecule has 1 aromatic heterocycles. The summed E-state index contributed by atoms with van der Waals surface area (Å²) in [4.78, 5) is 39.5. The van der Waals surface area contributed by atoms with E-state index in [0.717, 1.165) is 10.2 Å². The lowest BCUT2D eigenvalue weighted by Crippen LogP contribution is -2.35. The van der Waals surface area contributed by atoms with E-state index in [-0.39, 0.29) is 36.9 Å². The third kappa shape index (κ3) is 4.68. The number of amides is 2. The minimum absolute atomic E-state index is 0.0334. The molecule has 0 unspecified atom stereocenters. The van der Waals surface area contributed by atoms with Crippen molar-refractivity contribution < 1.29 is 19.5 Å². The van der Waals surface area contributed by atoms with Crippen LogP contribution in [0.3, 0.4) is 0 Å². The fourth-order valence-corrected chi connectivity index (χ4v) is 3.42. The van der Waals surface area contributed by atoms with E-state index >= 15 is 0 Å². The molecule has 0 aliphatic heterocycles. The van der Waals surface area contributed by atoms with E-state index in [4.69, 9.17) is 5.11 Å². The first-order chi connectivity index (χ1) is 13.0. The first-order valence-electron chi connectivity index (χ1n) is 8.26. The first-order valence-corrected chi connectivity index (χ1v) is 9.08. The van der Waals surface area contributed by atoms with Gasteiger partial charge in [-0.05, 0) is 23.8 Å². The SMILES string of the molecule is O=C(Cc1ccccc1C(=O)O)NCCNC(=O)c1nc2ccccc2s1. The van der Waals surface area contributed by atoms with Crippen molar-refractivity contribution in [3.63, 3.8) is 0 Å². The van der Waals surface area contributed by atoms with Crippen LogP contribution in [0.4, 0.5) is 0 Å². The molecule has 0 saturated carbocycles. The Balaban J connectivity index is 1.46. The number of aromatic carboxylic acids is 1. The minimum atomic E-state index is -1.07. The van der Waals surface area contributed by atoms with E-state index in [1.54, 1.807) is 18.2 Å². The third-order valence-electron chi connectivity index (χ3n) is 3.82. The molecule has 27 heavy (non-hydrogen) atoms. The van der Waals surface area contributed by atoms with Gasteiger partial charge < -0.3 is 15.7 Å². The third-order valence-corrected chi connectivity index (χ3v) is 4.85. The Kier molecular flexibility index (Phi) is 5.77. The number of para-hydroxylation sites is 1. The van der Waals surface area contributed by atoms with Gasteiger partial charge in [-0.15, -0.1) is 11.3 Å². The zero-order chi connectivity index (χ0) is 19.2. The van der Waals surface area contributed by atoms with Gasteiger partial charge in [-0.1, -0.05) is 30.3 Å². The summed E-state index contributed by atoms with van der Waals surface area (Å²) in [6.45, 7) is 0.492. The van der Waals surface area contributed by atoms with Gasteiger partial charge in [-0.2, -0.15) is 0 Å². The number of hydrogen-bond acceptors (Lipinski definition) is 5. The number of nitrogens with zero attached hydrogens (tertiary/aromatic N) is 1. The molecule has 0 bridgehead atoms. The minimum Gasteiger partial charge on any atom is -0.478 e. The highest BCUT2D eigenvalue weighted by molar-refractivity contribution is 7.20. The molecular weight excluding hydrogens is 366 g/mol. The lowest BCUT2D eigenvalue weighted by atomic mass is 10.0. The summed E-state index contributed by atoms with van der Waals surface area (Å²) >= 11 is 1.31. The summed E-state index contributed by atoms with van der Waals surface area (Å²) in [5, 5.41) is 14.9. The number of aromatic nitrogens is 1. The molecule has 2 aromatic carbocycles. The number of nitrogens with one attached hydrogen (secondary N) is 2. The number of fused-ring (bicyclic) bond motifs is 1. The van der Waals surface area contributed by atoms with Crippen LogP contribution >= 0.6 is 11.3 Å². The van der Waals surface area contributed by atoms with Crippen molar-refractivity contribution in [2.24, 2.45) is 0 Å². The van der Waals surface area contributed by atoms with E-state index in [1.165, 1.54) is 17.4 Å². The van der Waals surface area contributed by atoms with Crippen molar-refractivity contribution in [1.82, 2.24) is 15.6 Å². The average molecular weight is 383 g/mol. The molecule has 0 spiro atoms. The van der Waals surface area contributed by atoms with Crippen molar-refractivity contribution in [2.75, 3.05) is 13.1 Å². The van der Waals surface area contributed by atoms with Crippen molar-refractivity contribution >= 4 is 39.3 Å². The summed E-state index contributed by atoms with van der Waals surface area (Å²) in [5.41, 5.74) is 1.33. The number of thiazole rings is 1. The fourth-order valence-electron chi connectivity index (χ4n) is 2.54. The van der Waals surface area contributed by atoms with Gasteiger partial charge >= 0.3 is 5.97 Å². The van der Waals surface area contributed by atoms with Gasteiger partial charge in [-0.25, -0.2) is 9.78 Å². The quantitative estimate of drug-likeness (QED) is 0.542. The molecule has 0 saturated heterocycles. The molecule has 1 heterocycles.